The van der Waals surface area contributed by atoms with Gasteiger partial charge in [-0.25, -0.2) is 0 Å². The van der Waals surface area contributed by atoms with Crippen LogP contribution in [0.15, 0.2) is 28.7 Å². The molecule has 0 aliphatic carbocycles. The summed E-state index contributed by atoms with van der Waals surface area (Å²) in [5.74, 6) is 0.689. The maximum Gasteiger partial charge on any atom is 0.227 e. The van der Waals surface area contributed by atoms with E-state index in [1.165, 1.54) is 0 Å². The number of hydrogen-bond acceptors (Lipinski definition) is 2. The van der Waals surface area contributed by atoms with E-state index in [0.29, 0.717) is 12.3 Å². The molecule has 4 heteroatoms. The van der Waals surface area contributed by atoms with Gasteiger partial charge >= 0.3 is 0 Å². The molecule has 1 atom stereocenters. The summed E-state index contributed by atoms with van der Waals surface area (Å²) in [4.78, 5) is 13.8. The van der Waals surface area contributed by atoms with Crippen molar-refractivity contribution in [1.82, 2.24) is 5.32 Å². The molecule has 92 valence electrons. The zero-order valence-electron chi connectivity index (χ0n) is 9.95. The standard InChI is InChI=1S/C13H17BrN2O/c1-16(12-4-2-3-11(14)8-12)13(17)7-10-5-6-15-9-10/h2-4,8,10,15H,5-7,9H2,1H3. The van der Waals surface area contributed by atoms with Crippen molar-refractivity contribution >= 4 is 27.5 Å². The highest BCUT2D eigenvalue weighted by Gasteiger charge is 2.20. The molecular formula is C13H17BrN2O. The lowest BCUT2D eigenvalue weighted by Gasteiger charge is -2.19. The Morgan fingerprint density at radius 1 is 1.59 bits per heavy atom. The van der Waals surface area contributed by atoms with Gasteiger partial charge in [0.15, 0.2) is 0 Å². The molecule has 1 aromatic rings. The summed E-state index contributed by atoms with van der Waals surface area (Å²) in [6, 6.07) is 7.82. The van der Waals surface area contributed by atoms with Crippen LogP contribution in [0.25, 0.3) is 0 Å². The molecule has 1 amide bonds. The summed E-state index contributed by atoms with van der Waals surface area (Å²) in [5, 5.41) is 3.29. The Morgan fingerprint density at radius 3 is 3.06 bits per heavy atom. The smallest absolute Gasteiger partial charge is 0.227 e. The maximum absolute atomic E-state index is 12.1. The average Bonchev–Trinajstić information content (AvgIpc) is 2.80. The molecule has 1 aromatic carbocycles. The van der Waals surface area contributed by atoms with Crippen LogP contribution in [0.4, 0.5) is 5.69 Å². The van der Waals surface area contributed by atoms with E-state index in [1.807, 2.05) is 31.3 Å². The summed E-state index contributed by atoms with van der Waals surface area (Å²) in [6.45, 7) is 2.01. The highest BCUT2D eigenvalue weighted by atomic mass is 79.9. The second-order valence-corrected chi connectivity index (χ2v) is 5.41. The number of rotatable bonds is 3. The zero-order chi connectivity index (χ0) is 12.3. The van der Waals surface area contributed by atoms with Crippen LogP contribution in [-0.4, -0.2) is 26.0 Å². The molecule has 0 bridgehead atoms. The van der Waals surface area contributed by atoms with Gasteiger partial charge in [0.05, 0.1) is 0 Å². The van der Waals surface area contributed by atoms with Gasteiger partial charge in [-0.3, -0.25) is 4.79 Å². The van der Waals surface area contributed by atoms with Gasteiger partial charge in [-0.2, -0.15) is 0 Å². The van der Waals surface area contributed by atoms with Crippen LogP contribution in [0.3, 0.4) is 0 Å². The van der Waals surface area contributed by atoms with Crippen LogP contribution in [-0.2, 0) is 4.79 Å². The Kier molecular flexibility index (Phi) is 4.18. The first-order valence-corrected chi connectivity index (χ1v) is 6.69. The van der Waals surface area contributed by atoms with E-state index in [1.54, 1.807) is 4.90 Å². The molecule has 2 rings (SSSR count). The second-order valence-electron chi connectivity index (χ2n) is 4.50. The highest BCUT2D eigenvalue weighted by Crippen LogP contribution is 2.21. The average molecular weight is 297 g/mol. The number of nitrogens with one attached hydrogen (secondary N) is 1. The van der Waals surface area contributed by atoms with Crippen LogP contribution in [0.1, 0.15) is 12.8 Å². The molecular weight excluding hydrogens is 280 g/mol. The lowest BCUT2D eigenvalue weighted by atomic mass is 10.0. The molecule has 0 saturated carbocycles. The highest BCUT2D eigenvalue weighted by molar-refractivity contribution is 9.10. The van der Waals surface area contributed by atoms with E-state index < -0.39 is 0 Å². The minimum absolute atomic E-state index is 0.191. The quantitative estimate of drug-likeness (QED) is 0.929. The molecule has 1 saturated heterocycles. The first-order chi connectivity index (χ1) is 8.16. The summed E-state index contributed by atoms with van der Waals surface area (Å²) < 4.78 is 0.997. The van der Waals surface area contributed by atoms with Gasteiger partial charge in [0.2, 0.25) is 5.91 Å². The third kappa shape index (κ3) is 3.30. The van der Waals surface area contributed by atoms with Gasteiger partial charge in [0, 0.05) is 23.6 Å². The van der Waals surface area contributed by atoms with Crippen LogP contribution < -0.4 is 10.2 Å². The van der Waals surface area contributed by atoms with Crippen molar-refractivity contribution in [2.24, 2.45) is 5.92 Å². The van der Waals surface area contributed by atoms with Gasteiger partial charge < -0.3 is 10.2 Å². The van der Waals surface area contributed by atoms with E-state index in [9.17, 15) is 4.79 Å². The molecule has 1 unspecified atom stereocenters. The van der Waals surface area contributed by atoms with E-state index in [4.69, 9.17) is 0 Å². The van der Waals surface area contributed by atoms with Crippen LogP contribution in [0.5, 0.6) is 0 Å². The van der Waals surface area contributed by atoms with E-state index in [0.717, 1.165) is 29.7 Å². The number of carbonyl (C=O) groups excluding carboxylic acids is 1. The number of nitrogens with zero attached hydrogens (tertiary/aromatic N) is 1. The fourth-order valence-electron chi connectivity index (χ4n) is 2.10. The third-order valence-corrected chi connectivity index (χ3v) is 3.69. The summed E-state index contributed by atoms with van der Waals surface area (Å²) in [7, 11) is 1.84. The van der Waals surface area contributed by atoms with Crippen molar-refractivity contribution in [3.63, 3.8) is 0 Å². The Balaban J connectivity index is 1.98. The lowest BCUT2D eigenvalue weighted by molar-refractivity contribution is -0.119. The van der Waals surface area contributed by atoms with Crippen LogP contribution in [0, 0.1) is 5.92 Å². The number of anilines is 1. The monoisotopic (exact) mass is 296 g/mol. The van der Waals surface area contributed by atoms with Crippen molar-refractivity contribution < 1.29 is 4.79 Å². The Labute approximate surface area is 110 Å². The number of amides is 1. The fourth-order valence-corrected chi connectivity index (χ4v) is 2.49. The van der Waals surface area contributed by atoms with E-state index in [-0.39, 0.29) is 5.91 Å². The predicted molar refractivity (Wildman–Crippen MR) is 73.1 cm³/mol. The fraction of sp³-hybridized carbons (Fsp3) is 0.462. The van der Waals surface area contributed by atoms with Crippen molar-refractivity contribution in [1.29, 1.82) is 0 Å². The molecule has 1 N–H and O–H groups in total. The van der Waals surface area contributed by atoms with Crippen molar-refractivity contribution in [3.8, 4) is 0 Å². The molecule has 1 aliphatic rings. The topological polar surface area (TPSA) is 32.3 Å². The molecule has 17 heavy (non-hydrogen) atoms. The summed E-state index contributed by atoms with van der Waals surface area (Å²) in [5.41, 5.74) is 0.940. The first-order valence-electron chi connectivity index (χ1n) is 5.89. The van der Waals surface area contributed by atoms with Gasteiger partial charge in [0.25, 0.3) is 0 Å². The molecule has 1 fully saturated rings. The van der Waals surface area contributed by atoms with Gasteiger partial charge in [-0.15, -0.1) is 0 Å². The largest absolute Gasteiger partial charge is 0.316 e. The van der Waals surface area contributed by atoms with Crippen molar-refractivity contribution in [3.05, 3.63) is 28.7 Å². The predicted octanol–water partition coefficient (Wildman–Crippen LogP) is 2.41. The third-order valence-electron chi connectivity index (χ3n) is 3.20. The number of benzene rings is 1. The minimum Gasteiger partial charge on any atom is -0.316 e. The number of halogens is 1. The Morgan fingerprint density at radius 2 is 2.41 bits per heavy atom. The molecule has 0 spiro atoms. The van der Waals surface area contributed by atoms with Crippen molar-refractivity contribution in [2.45, 2.75) is 12.8 Å². The van der Waals surface area contributed by atoms with Crippen LogP contribution >= 0.6 is 15.9 Å². The number of hydrogen-bond donors (Lipinski definition) is 1. The SMILES string of the molecule is CN(C(=O)CC1CCNC1)c1cccc(Br)c1. The maximum atomic E-state index is 12.1. The molecule has 1 heterocycles. The Bertz CT molecular complexity index is 402. The van der Waals surface area contributed by atoms with E-state index >= 15 is 0 Å². The van der Waals surface area contributed by atoms with Gasteiger partial charge in [-0.1, -0.05) is 22.0 Å². The number of carbonyl (C=O) groups is 1. The molecule has 3 nitrogen and oxygen atoms in total. The van der Waals surface area contributed by atoms with Crippen molar-refractivity contribution in [2.75, 3.05) is 25.0 Å². The molecule has 0 radical (unpaired) electrons. The lowest BCUT2D eigenvalue weighted by Crippen LogP contribution is -2.28. The normalized spacial score (nSPS) is 19.3. The minimum atomic E-state index is 0.191. The summed E-state index contributed by atoms with van der Waals surface area (Å²) in [6.07, 6.45) is 1.74. The summed E-state index contributed by atoms with van der Waals surface area (Å²) >= 11 is 3.42. The van der Waals surface area contributed by atoms with Crippen LogP contribution in [0.2, 0.25) is 0 Å². The first kappa shape index (κ1) is 12.6. The molecule has 1 aliphatic heterocycles. The molecule has 0 aromatic heterocycles. The van der Waals surface area contributed by atoms with Gasteiger partial charge in [0.1, 0.15) is 0 Å². The second kappa shape index (κ2) is 5.65. The Hall–Kier alpha value is -0.870. The van der Waals surface area contributed by atoms with Gasteiger partial charge in [-0.05, 0) is 43.6 Å². The zero-order valence-corrected chi connectivity index (χ0v) is 11.5. The van der Waals surface area contributed by atoms with E-state index in [2.05, 4.69) is 21.2 Å².